The van der Waals surface area contributed by atoms with Crippen LogP contribution in [-0.4, -0.2) is 47.9 Å². The van der Waals surface area contributed by atoms with Crippen LogP contribution in [0.15, 0.2) is 66.7 Å². The molecule has 170 valence electrons. The van der Waals surface area contributed by atoms with E-state index in [1.54, 1.807) is 18.2 Å². The molecule has 2 N–H and O–H groups in total. The molecule has 5 aromatic rings. The third-order valence-corrected chi connectivity index (χ3v) is 5.64. The predicted octanol–water partition coefficient (Wildman–Crippen LogP) is 4.22. The van der Waals surface area contributed by atoms with Gasteiger partial charge in [-0.25, -0.2) is 4.79 Å². The fourth-order valence-corrected chi connectivity index (χ4v) is 4.08. The third kappa shape index (κ3) is 3.99. The summed E-state index contributed by atoms with van der Waals surface area (Å²) in [5.74, 6) is -0.441. The molecule has 9 heteroatoms. The predicted molar refractivity (Wildman–Crippen MR) is 127 cm³/mol. The van der Waals surface area contributed by atoms with Crippen molar-refractivity contribution in [2.45, 2.75) is 19.9 Å². The molecule has 5 rings (SSSR count). The highest BCUT2D eigenvalue weighted by atomic mass is 16.5. The summed E-state index contributed by atoms with van der Waals surface area (Å²) in [4.78, 5) is 16.3. The second kappa shape index (κ2) is 9.14. The Hall–Kier alpha value is -4.53. The van der Waals surface area contributed by atoms with Gasteiger partial charge < -0.3 is 9.84 Å². The van der Waals surface area contributed by atoms with Gasteiger partial charge in [-0.15, -0.1) is 10.2 Å². The average molecular weight is 454 g/mol. The zero-order valence-electron chi connectivity index (χ0n) is 18.5. The molecule has 2 heterocycles. The zero-order chi connectivity index (χ0) is 23.5. The highest BCUT2D eigenvalue weighted by Gasteiger charge is 2.18. The van der Waals surface area contributed by atoms with Crippen LogP contribution < -0.4 is 4.74 Å². The van der Waals surface area contributed by atoms with E-state index in [9.17, 15) is 9.90 Å². The molecule has 0 saturated heterocycles. The Morgan fingerprint density at radius 2 is 1.82 bits per heavy atom. The van der Waals surface area contributed by atoms with Gasteiger partial charge in [0.25, 0.3) is 6.01 Å². The minimum atomic E-state index is -0.987. The van der Waals surface area contributed by atoms with Gasteiger partial charge in [-0.05, 0) is 47.4 Å². The van der Waals surface area contributed by atoms with E-state index in [1.165, 1.54) is 0 Å². The highest BCUT2D eigenvalue weighted by Crippen LogP contribution is 2.30. The Bertz CT molecular complexity index is 1440. The summed E-state index contributed by atoms with van der Waals surface area (Å²) in [6.45, 7) is 2.86. The van der Waals surface area contributed by atoms with E-state index < -0.39 is 5.97 Å². The summed E-state index contributed by atoms with van der Waals surface area (Å²) in [6.07, 6.45) is 0.687. The Kier molecular flexibility index (Phi) is 5.73. The molecule has 0 bridgehead atoms. The molecule has 0 unspecified atom stereocenters. The summed E-state index contributed by atoms with van der Waals surface area (Å²) in [6, 6.07) is 21.7. The Balaban J connectivity index is 1.43. The molecule has 0 spiro atoms. The molecule has 0 radical (unpaired) electrons. The Morgan fingerprint density at radius 3 is 2.53 bits per heavy atom. The van der Waals surface area contributed by atoms with Crippen molar-refractivity contribution >= 4 is 17.0 Å². The number of para-hydroxylation sites is 1. The molecule has 3 aromatic carbocycles. The Labute approximate surface area is 195 Å². The molecular formula is C25H22N6O3. The van der Waals surface area contributed by atoms with Crippen LogP contribution in [0.2, 0.25) is 0 Å². The molecule has 0 fully saturated rings. The minimum Gasteiger partial charge on any atom is -0.478 e. The number of aromatic carboxylic acids is 1. The molecule has 34 heavy (non-hydrogen) atoms. The lowest BCUT2D eigenvalue weighted by Gasteiger charge is -2.11. The summed E-state index contributed by atoms with van der Waals surface area (Å²) in [5.41, 5.74) is 5.46. The maximum Gasteiger partial charge on any atom is 0.337 e. The number of ether oxygens (including phenoxy) is 1. The zero-order valence-corrected chi connectivity index (χ0v) is 18.5. The molecule has 2 aromatic heterocycles. The number of tetrazole rings is 1. The lowest BCUT2D eigenvalue weighted by atomic mass is 9.98. The number of imidazole rings is 1. The van der Waals surface area contributed by atoms with Crippen molar-refractivity contribution in [3.63, 3.8) is 0 Å². The number of H-pyrrole nitrogens is 1. The second-order valence-electron chi connectivity index (χ2n) is 7.69. The standard InChI is InChI=1S/C25H22N6O3/c1-2-34-25-26-21-9-5-8-20(24(32)33)22(21)31(25)15-14-16-10-12-17(13-11-16)18-6-3-4-7-19(18)23-27-29-30-28-23/h3-13H,2,14-15H2,1H3,(H,32,33)(H,27,28,29,30). The number of aromatic amines is 1. The van der Waals surface area contributed by atoms with Crippen LogP contribution in [0.5, 0.6) is 6.01 Å². The number of aromatic nitrogens is 6. The number of aryl methyl sites for hydroxylation is 2. The second-order valence-corrected chi connectivity index (χ2v) is 7.69. The lowest BCUT2D eigenvalue weighted by molar-refractivity contribution is 0.0698. The van der Waals surface area contributed by atoms with Gasteiger partial charge in [-0.2, -0.15) is 10.2 Å². The van der Waals surface area contributed by atoms with Crippen molar-refractivity contribution in [2.24, 2.45) is 0 Å². The van der Waals surface area contributed by atoms with E-state index in [0.717, 1.165) is 22.3 Å². The van der Waals surface area contributed by atoms with Crippen LogP contribution in [0.25, 0.3) is 33.5 Å². The molecule has 0 aliphatic heterocycles. The van der Waals surface area contributed by atoms with E-state index in [2.05, 4.69) is 49.9 Å². The number of fused-ring (bicyclic) bond motifs is 1. The summed E-state index contributed by atoms with van der Waals surface area (Å²) in [7, 11) is 0. The minimum absolute atomic E-state index is 0.212. The van der Waals surface area contributed by atoms with E-state index in [-0.39, 0.29) is 5.56 Å². The number of nitrogens with zero attached hydrogens (tertiary/aromatic N) is 5. The lowest BCUT2D eigenvalue weighted by Crippen LogP contribution is -2.08. The number of hydrogen-bond donors (Lipinski definition) is 2. The molecule has 0 amide bonds. The van der Waals surface area contributed by atoms with E-state index in [4.69, 9.17) is 4.74 Å². The van der Waals surface area contributed by atoms with E-state index in [0.29, 0.717) is 42.4 Å². The van der Waals surface area contributed by atoms with Crippen LogP contribution in [0.3, 0.4) is 0 Å². The van der Waals surface area contributed by atoms with Gasteiger partial charge in [0.05, 0.1) is 23.2 Å². The summed E-state index contributed by atoms with van der Waals surface area (Å²) < 4.78 is 7.56. The fraction of sp³-hybridized carbons (Fsp3) is 0.160. The number of carboxylic acid groups (broad SMARTS) is 1. The maximum atomic E-state index is 11.8. The van der Waals surface area contributed by atoms with Crippen LogP contribution in [0.4, 0.5) is 0 Å². The van der Waals surface area contributed by atoms with Gasteiger partial charge in [0.2, 0.25) is 5.82 Å². The topological polar surface area (TPSA) is 119 Å². The molecule has 9 nitrogen and oxygen atoms in total. The molecule has 0 aliphatic carbocycles. The van der Waals surface area contributed by atoms with Gasteiger partial charge >= 0.3 is 5.97 Å². The first-order valence-corrected chi connectivity index (χ1v) is 10.9. The first kappa shape index (κ1) is 21.3. The highest BCUT2D eigenvalue weighted by molar-refractivity contribution is 6.01. The first-order chi connectivity index (χ1) is 16.7. The van der Waals surface area contributed by atoms with Gasteiger partial charge in [-0.1, -0.05) is 54.6 Å². The quantitative estimate of drug-likeness (QED) is 0.360. The number of carboxylic acids is 1. The van der Waals surface area contributed by atoms with E-state index >= 15 is 0 Å². The third-order valence-electron chi connectivity index (χ3n) is 5.64. The van der Waals surface area contributed by atoms with E-state index in [1.807, 2.05) is 35.8 Å². The van der Waals surface area contributed by atoms with Crippen LogP contribution in [0, 0.1) is 0 Å². The number of nitrogens with one attached hydrogen (secondary N) is 1. The smallest absolute Gasteiger partial charge is 0.337 e. The largest absolute Gasteiger partial charge is 0.478 e. The van der Waals surface area contributed by atoms with Gasteiger partial charge in [-0.3, -0.25) is 4.57 Å². The summed E-state index contributed by atoms with van der Waals surface area (Å²) in [5, 5.41) is 24.0. The molecular weight excluding hydrogens is 432 g/mol. The first-order valence-electron chi connectivity index (χ1n) is 10.9. The normalized spacial score (nSPS) is 11.1. The molecule has 0 aliphatic rings. The average Bonchev–Trinajstić information content (AvgIpc) is 3.51. The number of hydrogen-bond acceptors (Lipinski definition) is 6. The van der Waals surface area contributed by atoms with Crippen LogP contribution >= 0.6 is 0 Å². The van der Waals surface area contributed by atoms with Crippen molar-refractivity contribution in [3.05, 3.63) is 77.9 Å². The van der Waals surface area contributed by atoms with Crippen molar-refractivity contribution in [1.29, 1.82) is 0 Å². The monoisotopic (exact) mass is 454 g/mol. The van der Waals surface area contributed by atoms with Gasteiger partial charge in [0, 0.05) is 12.1 Å². The molecule has 0 atom stereocenters. The van der Waals surface area contributed by atoms with Crippen LogP contribution in [-0.2, 0) is 13.0 Å². The number of rotatable bonds is 8. The van der Waals surface area contributed by atoms with Crippen molar-refractivity contribution in [2.75, 3.05) is 6.61 Å². The van der Waals surface area contributed by atoms with Gasteiger partial charge in [0.1, 0.15) is 0 Å². The number of benzene rings is 3. The Morgan fingerprint density at radius 1 is 1.03 bits per heavy atom. The van der Waals surface area contributed by atoms with Crippen LogP contribution in [0.1, 0.15) is 22.8 Å². The SMILES string of the molecule is CCOc1nc2cccc(C(=O)O)c2n1CCc1ccc(-c2ccccc2-c2nn[nH]n2)cc1. The number of carbonyl (C=O) groups is 1. The van der Waals surface area contributed by atoms with Gasteiger partial charge in [0.15, 0.2) is 0 Å². The van der Waals surface area contributed by atoms with Crippen molar-refractivity contribution in [3.8, 4) is 28.5 Å². The van der Waals surface area contributed by atoms with Crippen molar-refractivity contribution < 1.29 is 14.6 Å². The van der Waals surface area contributed by atoms with Crippen molar-refractivity contribution in [1.82, 2.24) is 30.2 Å². The molecule has 0 saturated carbocycles. The maximum absolute atomic E-state index is 11.8. The fourth-order valence-electron chi connectivity index (χ4n) is 4.08. The summed E-state index contributed by atoms with van der Waals surface area (Å²) >= 11 is 0.